The fourth-order valence-corrected chi connectivity index (χ4v) is 2.14. The van der Waals surface area contributed by atoms with E-state index in [4.69, 9.17) is 11.2 Å². The van der Waals surface area contributed by atoms with E-state index in [1.165, 1.54) is 6.33 Å². The van der Waals surface area contributed by atoms with Crippen molar-refractivity contribution in [3.63, 3.8) is 0 Å². The van der Waals surface area contributed by atoms with Crippen LogP contribution >= 0.6 is 0 Å². The molecule has 1 aromatic heterocycles. The van der Waals surface area contributed by atoms with Gasteiger partial charge in [0.05, 0.1) is 11.9 Å². The average Bonchev–Trinajstić information content (AvgIpc) is 2.30. The molecule has 0 aliphatic carbocycles. The largest absolute Gasteiger partial charge is 0.313 e. The Morgan fingerprint density at radius 1 is 1.64 bits per heavy atom. The Kier molecular flexibility index (Phi) is 1.43. The second-order valence-electron chi connectivity index (χ2n) is 1.92. The molecule has 1 unspecified atom stereocenters. The second kappa shape index (κ2) is 2.31. The standard InChI is InChI=1S/C5H3N3OS2/c9-5-8-3-1-6-2-7-4(3)11(5)10/h1-2H,(H,8,9). The third-order valence-corrected chi connectivity index (χ3v) is 3.30. The lowest BCUT2D eigenvalue weighted by Gasteiger charge is -1.90. The van der Waals surface area contributed by atoms with Gasteiger partial charge in [-0.3, -0.25) is 4.79 Å². The van der Waals surface area contributed by atoms with Gasteiger partial charge in [-0.25, -0.2) is 9.97 Å². The van der Waals surface area contributed by atoms with E-state index in [1.807, 2.05) is 0 Å². The lowest BCUT2D eigenvalue weighted by Crippen LogP contribution is -2.04. The first-order chi connectivity index (χ1) is 5.29. The third-order valence-electron chi connectivity index (χ3n) is 1.26. The normalized spacial score (nSPS) is 21.1. The summed E-state index contributed by atoms with van der Waals surface area (Å²) in [7, 11) is -0.810. The van der Waals surface area contributed by atoms with Crippen molar-refractivity contribution in [2.45, 2.75) is 5.03 Å². The molecular weight excluding hydrogens is 182 g/mol. The summed E-state index contributed by atoms with van der Waals surface area (Å²) in [4.78, 5) is 18.6. The lowest BCUT2D eigenvalue weighted by atomic mass is 10.5. The molecule has 0 bridgehead atoms. The minimum absolute atomic E-state index is 0.157. The van der Waals surface area contributed by atoms with E-state index >= 15 is 0 Å². The molecule has 56 valence electrons. The Labute approximate surface area is 69.6 Å². The maximum absolute atomic E-state index is 11.0. The number of rotatable bonds is 0. The molecule has 1 aliphatic heterocycles. The van der Waals surface area contributed by atoms with Gasteiger partial charge < -0.3 is 5.32 Å². The van der Waals surface area contributed by atoms with Crippen molar-refractivity contribution in [1.82, 2.24) is 9.97 Å². The summed E-state index contributed by atoms with van der Waals surface area (Å²) < 4.78 is 0. The zero-order valence-corrected chi connectivity index (χ0v) is 6.91. The van der Waals surface area contributed by atoms with Gasteiger partial charge in [-0.05, 0) is 11.2 Å². The number of aromatic nitrogens is 2. The lowest BCUT2D eigenvalue weighted by molar-refractivity contribution is 0.270. The monoisotopic (exact) mass is 185 g/mol. The van der Waals surface area contributed by atoms with Crippen LogP contribution in [0.15, 0.2) is 17.6 Å². The van der Waals surface area contributed by atoms with Crippen LogP contribution in [-0.2, 0) is 20.6 Å². The molecule has 1 aliphatic rings. The molecule has 11 heavy (non-hydrogen) atoms. The van der Waals surface area contributed by atoms with Gasteiger partial charge in [-0.2, -0.15) is 0 Å². The summed E-state index contributed by atoms with van der Waals surface area (Å²) in [5, 5.41) is 3.07. The van der Waals surface area contributed by atoms with Crippen molar-refractivity contribution in [3.05, 3.63) is 12.5 Å². The Bertz CT molecular complexity index is 351. The predicted octanol–water partition coefficient (Wildman–Crippen LogP) is 0.461. The number of hydrogen-bond acceptors (Lipinski definition) is 4. The van der Waals surface area contributed by atoms with Crippen LogP contribution in [0.25, 0.3) is 0 Å². The number of amides is 1. The smallest absolute Gasteiger partial charge is 0.293 e. The fraction of sp³-hybridized carbons (Fsp3) is 0. The van der Waals surface area contributed by atoms with Gasteiger partial charge in [0, 0.05) is 9.45 Å². The van der Waals surface area contributed by atoms with Crippen LogP contribution in [0, 0.1) is 0 Å². The molecule has 0 aromatic carbocycles. The highest BCUT2D eigenvalue weighted by molar-refractivity contribution is 8.37. The third kappa shape index (κ3) is 0.945. The van der Waals surface area contributed by atoms with E-state index in [0.717, 1.165) is 0 Å². The molecule has 1 aromatic rings. The second-order valence-corrected chi connectivity index (χ2v) is 4.22. The fourth-order valence-electron chi connectivity index (χ4n) is 0.796. The van der Waals surface area contributed by atoms with Crippen molar-refractivity contribution in [2.75, 3.05) is 5.32 Å². The first-order valence-electron chi connectivity index (χ1n) is 2.82. The molecule has 0 spiro atoms. The molecule has 1 atom stereocenters. The number of nitrogens with one attached hydrogen (secondary N) is 1. The summed E-state index contributed by atoms with van der Waals surface area (Å²) in [5.41, 5.74) is 0.649. The molecule has 2 rings (SSSR count). The van der Waals surface area contributed by atoms with E-state index in [-0.39, 0.29) is 5.24 Å². The number of nitrogens with zero attached hydrogens (tertiary/aromatic N) is 2. The maximum Gasteiger partial charge on any atom is 0.293 e. The number of fused-ring (bicyclic) bond motifs is 1. The number of anilines is 1. The van der Waals surface area contributed by atoms with Gasteiger partial charge in [-0.15, -0.1) is 0 Å². The molecule has 1 N–H and O–H groups in total. The Morgan fingerprint density at radius 3 is 3.18 bits per heavy atom. The first kappa shape index (κ1) is 6.81. The number of carbonyl (C=O) groups is 1. The zero-order valence-electron chi connectivity index (χ0n) is 5.27. The minimum Gasteiger partial charge on any atom is -0.313 e. The van der Waals surface area contributed by atoms with Crippen LogP contribution in [0.4, 0.5) is 10.5 Å². The summed E-state index contributed by atoms with van der Waals surface area (Å²) in [5.74, 6) is 0. The SMILES string of the molecule is O=C1Nc2cncnc2S1=S. The predicted molar refractivity (Wildman–Crippen MR) is 44.0 cm³/mol. The van der Waals surface area contributed by atoms with Gasteiger partial charge in [0.15, 0.2) is 0 Å². The molecule has 0 saturated heterocycles. The number of hydrogen-bond donors (Lipinski definition) is 1. The molecule has 0 fully saturated rings. The number of carbonyl (C=O) groups excluding carboxylic acids is 1. The highest BCUT2D eigenvalue weighted by atomic mass is 32.8. The molecule has 0 radical (unpaired) electrons. The molecule has 2 heterocycles. The van der Waals surface area contributed by atoms with Crippen molar-refractivity contribution in [3.8, 4) is 0 Å². The molecule has 4 nitrogen and oxygen atoms in total. The van der Waals surface area contributed by atoms with Crippen LogP contribution in [0.1, 0.15) is 0 Å². The molecular formula is C5H3N3OS2. The maximum atomic E-state index is 11.0. The van der Waals surface area contributed by atoms with Gasteiger partial charge in [0.1, 0.15) is 11.4 Å². The quantitative estimate of drug-likeness (QED) is 0.597. The average molecular weight is 185 g/mol. The van der Waals surface area contributed by atoms with Crippen molar-refractivity contribution < 1.29 is 4.79 Å². The van der Waals surface area contributed by atoms with E-state index in [2.05, 4.69) is 15.3 Å². The minimum atomic E-state index is -0.810. The summed E-state index contributed by atoms with van der Waals surface area (Å²) in [6.45, 7) is 0. The highest BCUT2D eigenvalue weighted by Crippen LogP contribution is 2.23. The Morgan fingerprint density at radius 2 is 2.45 bits per heavy atom. The Hall–Kier alpha value is -0.880. The zero-order chi connectivity index (χ0) is 7.84. The van der Waals surface area contributed by atoms with E-state index < -0.39 is 9.45 Å². The van der Waals surface area contributed by atoms with Crippen LogP contribution in [0.3, 0.4) is 0 Å². The van der Waals surface area contributed by atoms with Crippen LogP contribution in [-0.4, -0.2) is 15.2 Å². The van der Waals surface area contributed by atoms with Crippen LogP contribution in [0.5, 0.6) is 0 Å². The van der Waals surface area contributed by atoms with Gasteiger partial charge in [0.25, 0.3) is 5.24 Å². The molecule has 6 heteroatoms. The first-order valence-corrected chi connectivity index (χ1v) is 4.97. The van der Waals surface area contributed by atoms with Crippen LogP contribution in [0.2, 0.25) is 0 Å². The topological polar surface area (TPSA) is 54.9 Å². The highest BCUT2D eigenvalue weighted by Gasteiger charge is 2.23. The van der Waals surface area contributed by atoms with Crippen molar-refractivity contribution in [1.29, 1.82) is 0 Å². The Balaban J connectivity index is 2.64. The van der Waals surface area contributed by atoms with Gasteiger partial charge >= 0.3 is 0 Å². The van der Waals surface area contributed by atoms with E-state index in [9.17, 15) is 4.79 Å². The van der Waals surface area contributed by atoms with Gasteiger partial charge in [-0.1, -0.05) is 0 Å². The van der Waals surface area contributed by atoms with Crippen molar-refractivity contribution >= 4 is 31.6 Å². The van der Waals surface area contributed by atoms with Crippen molar-refractivity contribution in [2.24, 2.45) is 0 Å². The van der Waals surface area contributed by atoms with Crippen LogP contribution < -0.4 is 5.32 Å². The van der Waals surface area contributed by atoms with E-state index in [1.54, 1.807) is 6.20 Å². The van der Waals surface area contributed by atoms with E-state index in [0.29, 0.717) is 10.7 Å². The molecule has 1 amide bonds. The molecule has 0 saturated carbocycles. The summed E-state index contributed by atoms with van der Waals surface area (Å²) >= 11 is 4.91. The summed E-state index contributed by atoms with van der Waals surface area (Å²) in [6, 6.07) is 0. The summed E-state index contributed by atoms with van der Waals surface area (Å²) in [6.07, 6.45) is 2.95. The van der Waals surface area contributed by atoms with Gasteiger partial charge in [0.2, 0.25) is 0 Å².